The fourth-order valence-corrected chi connectivity index (χ4v) is 3.25. The van der Waals surface area contributed by atoms with Gasteiger partial charge in [0.25, 0.3) is 0 Å². The maximum atomic E-state index is 12.8. The predicted octanol–water partition coefficient (Wildman–Crippen LogP) is 3.21. The second-order valence-electron chi connectivity index (χ2n) is 8.23. The molecular weight excluding hydrogens is 384 g/mol. The highest BCUT2D eigenvalue weighted by Gasteiger charge is 2.37. The molecule has 0 aromatic heterocycles. The van der Waals surface area contributed by atoms with Crippen molar-refractivity contribution < 1.29 is 24.2 Å². The highest BCUT2D eigenvalue weighted by molar-refractivity contribution is 5.98. The summed E-state index contributed by atoms with van der Waals surface area (Å²) in [4.78, 5) is 28.0. The first kappa shape index (κ1) is 21.6. The first-order valence-corrected chi connectivity index (χ1v) is 9.94. The average Bonchev–Trinajstić information content (AvgIpc) is 2.71. The smallest absolute Gasteiger partial charge is 0.410 e. The van der Waals surface area contributed by atoms with Gasteiger partial charge in [-0.2, -0.15) is 0 Å². The number of rotatable bonds is 5. The lowest BCUT2D eigenvalue weighted by atomic mass is 10.1. The number of carbonyl (C=O) groups excluding carboxylic acids is 2. The SMILES string of the molecule is CC(C)(C)OC(=O)N1CC(=O)N(c2ccc(OCc3ccccc3)cc2)C(CO)C1. The Balaban J connectivity index is 1.66. The second kappa shape index (κ2) is 9.17. The quantitative estimate of drug-likeness (QED) is 0.816. The Morgan fingerprint density at radius 3 is 2.37 bits per heavy atom. The van der Waals surface area contributed by atoms with Crippen LogP contribution in [-0.2, 0) is 16.1 Å². The van der Waals surface area contributed by atoms with Crippen molar-refractivity contribution in [2.45, 2.75) is 39.0 Å². The molecule has 1 saturated heterocycles. The van der Waals surface area contributed by atoms with Gasteiger partial charge in [0.05, 0.1) is 12.6 Å². The van der Waals surface area contributed by atoms with Crippen molar-refractivity contribution in [1.82, 2.24) is 4.90 Å². The number of aliphatic hydroxyl groups is 1. The van der Waals surface area contributed by atoms with E-state index in [1.165, 1.54) is 9.80 Å². The van der Waals surface area contributed by atoms with Gasteiger partial charge < -0.3 is 19.5 Å². The molecule has 1 fully saturated rings. The van der Waals surface area contributed by atoms with Crippen molar-refractivity contribution in [1.29, 1.82) is 0 Å². The summed E-state index contributed by atoms with van der Waals surface area (Å²) in [7, 11) is 0. The number of amides is 2. The molecule has 2 aromatic rings. The number of nitrogens with zero attached hydrogens (tertiary/aromatic N) is 2. The Hall–Kier alpha value is -3.06. The Labute approximate surface area is 176 Å². The fourth-order valence-electron chi connectivity index (χ4n) is 3.25. The van der Waals surface area contributed by atoms with Gasteiger partial charge in [-0.05, 0) is 50.6 Å². The number of benzene rings is 2. The average molecular weight is 412 g/mol. The summed E-state index contributed by atoms with van der Waals surface area (Å²) in [6.07, 6.45) is -0.557. The highest BCUT2D eigenvalue weighted by atomic mass is 16.6. The van der Waals surface area contributed by atoms with Gasteiger partial charge >= 0.3 is 6.09 Å². The maximum Gasteiger partial charge on any atom is 0.410 e. The van der Waals surface area contributed by atoms with Crippen LogP contribution in [0.2, 0.25) is 0 Å². The van der Waals surface area contributed by atoms with Gasteiger partial charge in [0.1, 0.15) is 24.5 Å². The van der Waals surface area contributed by atoms with Gasteiger partial charge in [-0.25, -0.2) is 4.79 Å². The van der Waals surface area contributed by atoms with Crippen LogP contribution in [0.3, 0.4) is 0 Å². The number of carbonyl (C=O) groups is 2. The topological polar surface area (TPSA) is 79.3 Å². The normalized spacial score (nSPS) is 17.1. The minimum atomic E-state index is -0.651. The van der Waals surface area contributed by atoms with Crippen molar-refractivity contribution in [2.24, 2.45) is 0 Å². The van der Waals surface area contributed by atoms with Crippen LogP contribution in [0.25, 0.3) is 0 Å². The highest BCUT2D eigenvalue weighted by Crippen LogP contribution is 2.25. The third-order valence-electron chi connectivity index (χ3n) is 4.62. The zero-order valence-electron chi connectivity index (χ0n) is 17.6. The zero-order chi connectivity index (χ0) is 21.7. The molecule has 3 rings (SSSR count). The second-order valence-corrected chi connectivity index (χ2v) is 8.23. The Morgan fingerprint density at radius 2 is 1.77 bits per heavy atom. The molecule has 0 saturated carbocycles. The van der Waals surface area contributed by atoms with E-state index in [0.717, 1.165) is 5.56 Å². The minimum Gasteiger partial charge on any atom is -0.489 e. The molecule has 2 amide bonds. The lowest BCUT2D eigenvalue weighted by Gasteiger charge is -2.40. The maximum absolute atomic E-state index is 12.8. The summed E-state index contributed by atoms with van der Waals surface area (Å²) in [6.45, 7) is 5.60. The molecular formula is C23H28N2O5. The first-order chi connectivity index (χ1) is 14.3. The molecule has 1 aliphatic rings. The minimum absolute atomic E-state index is 0.0995. The largest absolute Gasteiger partial charge is 0.489 e. The molecule has 1 heterocycles. The summed E-state index contributed by atoms with van der Waals surface area (Å²) >= 11 is 0. The number of ether oxygens (including phenoxy) is 2. The molecule has 0 spiro atoms. The van der Waals surface area contributed by atoms with E-state index >= 15 is 0 Å². The predicted molar refractivity (Wildman–Crippen MR) is 113 cm³/mol. The fraction of sp³-hybridized carbons (Fsp3) is 0.391. The molecule has 160 valence electrons. The summed E-state index contributed by atoms with van der Waals surface area (Å²) in [5, 5.41) is 9.84. The van der Waals surface area contributed by atoms with E-state index in [9.17, 15) is 14.7 Å². The van der Waals surface area contributed by atoms with E-state index in [-0.39, 0.29) is 25.6 Å². The molecule has 0 aliphatic carbocycles. The summed E-state index contributed by atoms with van der Waals surface area (Å²) in [6, 6.07) is 16.4. The summed E-state index contributed by atoms with van der Waals surface area (Å²) < 4.78 is 11.1. The van der Waals surface area contributed by atoms with E-state index in [1.807, 2.05) is 30.3 Å². The van der Waals surface area contributed by atoms with E-state index in [1.54, 1.807) is 45.0 Å². The Bertz CT molecular complexity index is 861. The third-order valence-corrected chi connectivity index (χ3v) is 4.62. The molecule has 0 radical (unpaired) electrons. The molecule has 7 nitrogen and oxygen atoms in total. The number of hydrogen-bond acceptors (Lipinski definition) is 5. The van der Waals surface area contributed by atoms with Gasteiger partial charge in [-0.15, -0.1) is 0 Å². The van der Waals surface area contributed by atoms with Crippen LogP contribution in [-0.4, -0.2) is 53.3 Å². The number of aliphatic hydroxyl groups excluding tert-OH is 1. The number of piperazine rings is 1. The standard InChI is InChI=1S/C23H28N2O5/c1-23(2,3)30-22(28)24-13-19(15-26)25(21(27)14-24)18-9-11-20(12-10-18)29-16-17-7-5-4-6-8-17/h4-12,19,26H,13-16H2,1-3H3. The van der Waals surface area contributed by atoms with Crippen molar-refractivity contribution in [3.63, 3.8) is 0 Å². The molecule has 30 heavy (non-hydrogen) atoms. The summed E-state index contributed by atoms with van der Waals surface area (Å²) in [5.74, 6) is 0.409. The molecule has 1 aliphatic heterocycles. The van der Waals surface area contributed by atoms with E-state index in [2.05, 4.69) is 0 Å². The van der Waals surface area contributed by atoms with Crippen LogP contribution in [0.1, 0.15) is 26.3 Å². The summed E-state index contributed by atoms with van der Waals surface area (Å²) in [5.41, 5.74) is 1.06. The molecule has 1 unspecified atom stereocenters. The van der Waals surface area contributed by atoms with Crippen molar-refractivity contribution in [3.05, 3.63) is 60.2 Å². The number of anilines is 1. The van der Waals surface area contributed by atoms with E-state index in [4.69, 9.17) is 9.47 Å². The van der Waals surface area contributed by atoms with Crippen molar-refractivity contribution >= 4 is 17.7 Å². The first-order valence-electron chi connectivity index (χ1n) is 9.94. The van der Waals surface area contributed by atoms with Gasteiger partial charge in [-0.3, -0.25) is 9.69 Å². The van der Waals surface area contributed by atoms with Gasteiger partial charge in [0, 0.05) is 12.2 Å². The van der Waals surface area contributed by atoms with Crippen molar-refractivity contribution in [2.75, 3.05) is 24.6 Å². The van der Waals surface area contributed by atoms with Gasteiger partial charge in [0.2, 0.25) is 5.91 Å². The van der Waals surface area contributed by atoms with Gasteiger partial charge in [-0.1, -0.05) is 30.3 Å². The van der Waals surface area contributed by atoms with Crippen LogP contribution < -0.4 is 9.64 Å². The number of hydrogen-bond donors (Lipinski definition) is 1. The van der Waals surface area contributed by atoms with Crippen LogP contribution in [0.5, 0.6) is 5.75 Å². The molecule has 2 aromatic carbocycles. The Kier molecular flexibility index (Phi) is 6.62. The Morgan fingerprint density at radius 1 is 1.10 bits per heavy atom. The van der Waals surface area contributed by atoms with Gasteiger partial charge in [0.15, 0.2) is 0 Å². The lowest BCUT2D eigenvalue weighted by Crippen LogP contribution is -2.60. The molecule has 1 N–H and O–H groups in total. The van der Waals surface area contributed by atoms with Crippen LogP contribution >= 0.6 is 0 Å². The van der Waals surface area contributed by atoms with E-state index < -0.39 is 17.7 Å². The van der Waals surface area contributed by atoms with E-state index in [0.29, 0.717) is 18.0 Å². The molecule has 0 bridgehead atoms. The lowest BCUT2D eigenvalue weighted by molar-refractivity contribution is -0.122. The van der Waals surface area contributed by atoms with Crippen molar-refractivity contribution in [3.8, 4) is 5.75 Å². The van der Waals surface area contributed by atoms with Crippen LogP contribution in [0.4, 0.5) is 10.5 Å². The van der Waals surface area contributed by atoms with Crippen LogP contribution in [0.15, 0.2) is 54.6 Å². The monoisotopic (exact) mass is 412 g/mol. The van der Waals surface area contributed by atoms with Crippen LogP contribution in [0, 0.1) is 0 Å². The zero-order valence-corrected chi connectivity index (χ0v) is 17.6. The molecule has 1 atom stereocenters. The third kappa shape index (κ3) is 5.51. The molecule has 7 heteroatoms.